The van der Waals surface area contributed by atoms with Crippen molar-refractivity contribution in [3.05, 3.63) is 35.5 Å². The summed E-state index contributed by atoms with van der Waals surface area (Å²) in [6.07, 6.45) is 19.7. The van der Waals surface area contributed by atoms with E-state index < -0.39 is 41.5 Å². The molecule has 0 spiro atoms. The number of piperidine rings is 1. The first kappa shape index (κ1) is 64.6. The van der Waals surface area contributed by atoms with Gasteiger partial charge in [0.25, 0.3) is 11.7 Å². The third kappa shape index (κ3) is 30.4. The molecule has 1 aliphatic carbocycles. The highest BCUT2D eigenvalue weighted by Crippen LogP contribution is 2.31. The number of ether oxygens (including phenoxy) is 4. The van der Waals surface area contributed by atoms with Gasteiger partial charge in [0.05, 0.1) is 25.4 Å². The van der Waals surface area contributed by atoms with E-state index in [4.69, 9.17) is 14.6 Å². The maximum Gasteiger partial charge on any atom is 0.328 e. The molecule has 3 N–H and O–H groups in total. The molecule has 0 aromatic heterocycles. The van der Waals surface area contributed by atoms with Crippen LogP contribution in [0.2, 0.25) is 0 Å². The molecule has 3 rings (SSSR count). The fourth-order valence-electron chi connectivity index (χ4n) is 6.21. The van der Waals surface area contributed by atoms with E-state index in [1.54, 1.807) is 60.5 Å². The molecule has 0 aromatic rings. The Morgan fingerprint density at radius 3 is 1.94 bits per heavy atom. The van der Waals surface area contributed by atoms with Crippen LogP contribution in [0.1, 0.15) is 151 Å². The Bertz CT molecular complexity index is 1400. The number of allylic oxidation sites excluding steroid dienone is 5. The second-order valence-corrected chi connectivity index (χ2v) is 16.3. The van der Waals surface area contributed by atoms with Crippen LogP contribution in [0.15, 0.2) is 35.5 Å². The lowest BCUT2D eigenvalue weighted by molar-refractivity contribution is -0.240. The van der Waals surface area contributed by atoms with Crippen LogP contribution in [0.5, 0.6) is 0 Å². The lowest BCUT2D eigenvalue weighted by Gasteiger charge is -2.39. The number of esters is 1. The van der Waals surface area contributed by atoms with Crippen LogP contribution < -0.4 is 0 Å². The number of hydrogen-bond donors (Lipinski definition) is 3. The molecule has 15 nitrogen and oxygen atoms in total. The molecule has 5 atom stereocenters. The lowest BCUT2D eigenvalue weighted by Crippen LogP contribution is -2.59. The Balaban J connectivity index is -0.000000824. The minimum absolute atomic E-state index is 0.00687. The zero-order valence-electron chi connectivity index (χ0n) is 41.1. The van der Waals surface area contributed by atoms with E-state index in [0.29, 0.717) is 56.9 Å². The lowest BCUT2D eigenvalue weighted by atomic mass is 9.88. The molecule has 0 bridgehead atoms. The molecule has 5 unspecified atom stereocenters. The van der Waals surface area contributed by atoms with Crippen LogP contribution in [0.3, 0.4) is 0 Å². The first-order chi connectivity index (χ1) is 30.3. The summed E-state index contributed by atoms with van der Waals surface area (Å²) in [5, 5.41) is 29.3. The minimum Gasteiger partial charge on any atom is -0.464 e. The highest BCUT2D eigenvalue weighted by atomic mass is 16.6. The highest BCUT2D eigenvalue weighted by molar-refractivity contribution is 6.39. The number of Topliss-reactive ketones (excluding diaryl/α,β-unsaturated/α-hetero) is 3. The second kappa shape index (κ2) is 40.8. The Morgan fingerprint density at radius 1 is 0.875 bits per heavy atom. The molecule has 2 aliphatic heterocycles. The molecule has 2 heterocycles. The second-order valence-electron chi connectivity index (χ2n) is 16.3. The summed E-state index contributed by atoms with van der Waals surface area (Å²) in [6.45, 7) is 13.4. The largest absolute Gasteiger partial charge is 0.464 e. The van der Waals surface area contributed by atoms with Gasteiger partial charge >= 0.3 is 5.97 Å². The summed E-state index contributed by atoms with van der Waals surface area (Å²) in [7, 11) is 6.50. The maximum absolute atomic E-state index is 12.7. The molecule has 15 heteroatoms. The zero-order chi connectivity index (χ0) is 49.5. The molecule has 0 radical (unpaired) electrons. The summed E-state index contributed by atoms with van der Waals surface area (Å²) in [6, 6.07) is -0.760. The van der Waals surface area contributed by atoms with Gasteiger partial charge in [0, 0.05) is 59.7 Å². The Hall–Kier alpha value is -3.73. The Kier molecular flexibility index (Phi) is 41.1. The molecule has 64 heavy (non-hydrogen) atoms. The van der Waals surface area contributed by atoms with Gasteiger partial charge in [-0.25, -0.2) is 4.79 Å². The number of hydrogen-bond acceptors (Lipinski definition) is 14. The SMILES string of the molecule is CC(=O)C/C=C(\C)C(O)CC(=O)C(C)CC/C=C/C=O.CC/C(C)=C/C=O.CCCOC(=O)C1CCCCN1C(=O)C(=O)C1(O)OCCCC1C.COC.COC.OC1CCCCC1. The minimum atomic E-state index is -2.09. The third-order valence-electron chi connectivity index (χ3n) is 10.4. The Morgan fingerprint density at radius 2 is 1.47 bits per heavy atom. The summed E-state index contributed by atoms with van der Waals surface area (Å²) >= 11 is 0. The average molecular weight is 912 g/mol. The number of carbonyl (C=O) groups excluding carboxylic acids is 7. The normalized spacial score (nSPS) is 20.8. The summed E-state index contributed by atoms with van der Waals surface area (Å²) in [4.78, 5) is 81.2. The van der Waals surface area contributed by atoms with Crippen LogP contribution in [0.25, 0.3) is 0 Å². The average Bonchev–Trinajstić information content (AvgIpc) is 3.28. The van der Waals surface area contributed by atoms with Gasteiger partial charge in [-0.05, 0) is 109 Å². The van der Waals surface area contributed by atoms with Crippen molar-refractivity contribution >= 4 is 41.8 Å². The fourth-order valence-corrected chi connectivity index (χ4v) is 6.21. The maximum atomic E-state index is 12.7. The molecular formula is C49H85NO14. The number of rotatable bonds is 17. The Labute approximate surface area is 384 Å². The molecule has 3 aliphatic rings. The number of nitrogens with zero attached hydrogens (tertiary/aromatic N) is 1. The molecule has 0 aromatic carbocycles. The van der Waals surface area contributed by atoms with Crippen molar-refractivity contribution < 1.29 is 67.8 Å². The van der Waals surface area contributed by atoms with Gasteiger partial charge in [-0.1, -0.05) is 64.7 Å². The van der Waals surface area contributed by atoms with E-state index in [2.05, 4.69) is 9.47 Å². The highest BCUT2D eigenvalue weighted by Gasteiger charge is 2.50. The first-order valence-corrected chi connectivity index (χ1v) is 22.8. The zero-order valence-corrected chi connectivity index (χ0v) is 41.1. The van der Waals surface area contributed by atoms with Gasteiger partial charge in [-0.15, -0.1) is 0 Å². The van der Waals surface area contributed by atoms with Crippen molar-refractivity contribution in [3.8, 4) is 0 Å². The predicted octanol–water partition coefficient (Wildman–Crippen LogP) is 6.81. The van der Waals surface area contributed by atoms with E-state index >= 15 is 0 Å². The van der Waals surface area contributed by atoms with Crippen molar-refractivity contribution in [3.63, 3.8) is 0 Å². The number of aliphatic hydroxyl groups is 3. The van der Waals surface area contributed by atoms with Crippen molar-refractivity contribution in [1.29, 1.82) is 0 Å². The van der Waals surface area contributed by atoms with Crippen LogP contribution in [-0.2, 0) is 52.5 Å². The van der Waals surface area contributed by atoms with E-state index in [1.165, 1.54) is 37.2 Å². The number of carbonyl (C=O) groups is 7. The fraction of sp³-hybridized carbons (Fsp3) is 0.735. The monoisotopic (exact) mass is 912 g/mol. The van der Waals surface area contributed by atoms with Crippen molar-refractivity contribution in [1.82, 2.24) is 4.90 Å². The van der Waals surface area contributed by atoms with Gasteiger partial charge in [-0.2, -0.15) is 0 Å². The number of aldehydes is 2. The van der Waals surface area contributed by atoms with Crippen molar-refractivity contribution in [2.75, 3.05) is 48.2 Å². The summed E-state index contributed by atoms with van der Waals surface area (Å²) in [5.41, 5.74) is 1.79. The molecule has 1 amide bonds. The van der Waals surface area contributed by atoms with Gasteiger partial charge < -0.3 is 39.2 Å². The molecular weight excluding hydrogens is 827 g/mol. The van der Waals surface area contributed by atoms with Gasteiger partial charge in [0.2, 0.25) is 5.79 Å². The molecule has 1 saturated carbocycles. The van der Waals surface area contributed by atoms with Crippen LogP contribution in [0, 0.1) is 11.8 Å². The third-order valence-corrected chi connectivity index (χ3v) is 10.4. The van der Waals surface area contributed by atoms with Crippen LogP contribution >= 0.6 is 0 Å². The number of amides is 1. The number of ketones is 3. The number of methoxy groups -OCH3 is 2. The smallest absolute Gasteiger partial charge is 0.328 e. The van der Waals surface area contributed by atoms with E-state index in [0.717, 1.165) is 44.0 Å². The van der Waals surface area contributed by atoms with Gasteiger partial charge in [-0.3, -0.25) is 28.8 Å². The van der Waals surface area contributed by atoms with Gasteiger partial charge in [0.15, 0.2) is 0 Å². The first-order valence-electron chi connectivity index (χ1n) is 22.8. The quantitative estimate of drug-likeness (QED) is 0.0449. The molecule has 3 fully saturated rings. The number of likely N-dealkylation sites (tertiary alicyclic amines) is 1. The topological polar surface area (TPSA) is 220 Å². The van der Waals surface area contributed by atoms with Crippen LogP contribution in [-0.4, -0.2) is 134 Å². The standard InChI is InChI=1S/C17H27NO6.C16H24O4.C6H12O.C6H10O.2C2H6O/c1-3-10-23-16(21)13-8-4-5-9-18(13)15(20)14(19)17(22)12(2)7-6-11-24-17;1-12(7-5-4-6-10-17)15(19)11-16(20)13(2)8-9-14(3)18;7-6-4-2-1-3-5-6;1-3-6(2)4-5-7;2*1-3-2/h12-13,22H,3-11H2,1-2H3;4,6,8,10,12,16,20H,5,7,9,11H2,1-3H3;6-7H,1-5H2;4-5H,3H2,1-2H3;2*1-2H3/b;6-4+,13-8+;;6-4+;;. The van der Waals surface area contributed by atoms with E-state index in [9.17, 15) is 43.8 Å². The van der Waals surface area contributed by atoms with Crippen molar-refractivity contribution in [2.24, 2.45) is 11.8 Å². The summed E-state index contributed by atoms with van der Waals surface area (Å²) < 4.78 is 18.9. The van der Waals surface area contributed by atoms with E-state index in [-0.39, 0.29) is 49.6 Å². The molecule has 370 valence electrons. The number of aliphatic hydroxyl groups excluding tert-OH is 2. The van der Waals surface area contributed by atoms with Crippen LogP contribution in [0.4, 0.5) is 0 Å². The van der Waals surface area contributed by atoms with Gasteiger partial charge in [0.1, 0.15) is 30.2 Å². The van der Waals surface area contributed by atoms with Crippen molar-refractivity contribution in [2.45, 2.75) is 175 Å². The van der Waals surface area contributed by atoms with E-state index in [1.807, 2.05) is 27.7 Å². The summed E-state index contributed by atoms with van der Waals surface area (Å²) in [5.74, 6) is -5.01. The predicted molar refractivity (Wildman–Crippen MR) is 248 cm³/mol. The molecule has 2 saturated heterocycles.